The third kappa shape index (κ3) is 2.75. The quantitative estimate of drug-likeness (QED) is 0.897. The van der Waals surface area contributed by atoms with Gasteiger partial charge in [-0.3, -0.25) is 4.79 Å². The fourth-order valence-corrected chi connectivity index (χ4v) is 2.94. The van der Waals surface area contributed by atoms with Gasteiger partial charge in [-0.15, -0.1) is 0 Å². The molecule has 1 aliphatic heterocycles. The van der Waals surface area contributed by atoms with E-state index in [-0.39, 0.29) is 11.3 Å². The molecule has 0 saturated carbocycles. The molecule has 18 heavy (non-hydrogen) atoms. The zero-order valence-electron chi connectivity index (χ0n) is 10.6. The number of halogens is 1. The van der Waals surface area contributed by atoms with Crippen molar-refractivity contribution in [2.75, 3.05) is 18.4 Å². The standard InChI is InChI=1S/C14H19BrN2O/c1-2-7-14(8-9-16-10-14)13(18)17-12-6-4-3-5-11(12)15/h3-6,16H,2,7-10H2,1H3,(H,17,18). The van der Waals surface area contributed by atoms with E-state index < -0.39 is 0 Å². The van der Waals surface area contributed by atoms with E-state index in [0.717, 1.165) is 42.5 Å². The zero-order chi connectivity index (χ0) is 13.0. The number of hydrogen-bond acceptors (Lipinski definition) is 2. The van der Waals surface area contributed by atoms with Crippen LogP contribution in [0.3, 0.4) is 0 Å². The van der Waals surface area contributed by atoms with Gasteiger partial charge >= 0.3 is 0 Å². The normalized spacial score (nSPS) is 23.0. The maximum Gasteiger partial charge on any atom is 0.231 e. The third-order valence-electron chi connectivity index (χ3n) is 3.58. The molecule has 98 valence electrons. The van der Waals surface area contributed by atoms with Gasteiger partial charge in [-0.2, -0.15) is 0 Å². The molecule has 4 heteroatoms. The molecular formula is C14H19BrN2O. The first kappa shape index (κ1) is 13.6. The minimum absolute atomic E-state index is 0.140. The summed E-state index contributed by atoms with van der Waals surface area (Å²) in [6.45, 7) is 3.85. The molecule has 2 rings (SSSR count). The molecule has 0 aromatic heterocycles. The monoisotopic (exact) mass is 310 g/mol. The number of amides is 1. The topological polar surface area (TPSA) is 41.1 Å². The molecule has 1 unspecified atom stereocenters. The van der Waals surface area contributed by atoms with Crippen LogP contribution in [0.1, 0.15) is 26.2 Å². The number of para-hydroxylation sites is 1. The summed E-state index contributed by atoms with van der Waals surface area (Å²) in [6, 6.07) is 7.73. The molecule has 0 bridgehead atoms. The van der Waals surface area contributed by atoms with Crippen LogP contribution in [0.2, 0.25) is 0 Å². The minimum atomic E-state index is -0.232. The molecule has 3 nitrogen and oxygen atoms in total. The van der Waals surface area contributed by atoms with E-state index in [4.69, 9.17) is 0 Å². The number of hydrogen-bond donors (Lipinski definition) is 2. The molecule has 1 heterocycles. The molecule has 2 N–H and O–H groups in total. The zero-order valence-corrected chi connectivity index (χ0v) is 12.2. The summed E-state index contributed by atoms with van der Waals surface area (Å²) in [4.78, 5) is 12.5. The van der Waals surface area contributed by atoms with Crippen LogP contribution in [0.15, 0.2) is 28.7 Å². The minimum Gasteiger partial charge on any atom is -0.325 e. The largest absolute Gasteiger partial charge is 0.325 e. The van der Waals surface area contributed by atoms with Crippen molar-refractivity contribution in [1.82, 2.24) is 5.32 Å². The van der Waals surface area contributed by atoms with Crippen LogP contribution in [-0.4, -0.2) is 19.0 Å². The molecule has 1 fully saturated rings. The highest BCUT2D eigenvalue weighted by Gasteiger charge is 2.40. The number of anilines is 1. The molecular weight excluding hydrogens is 292 g/mol. The van der Waals surface area contributed by atoms with Crippen molar-refractivity contribution in [2.45, 2.75) is 26.2 Å². The van der Waals surface area contributed by atoms with Crippen molar-refractivity contribution in [3.05, 3.63) is 28.7 Å². The average Bonchev–Trinajstić information content (AvgIpc) is 2.82. The van der Waals surface area contributed by atoms with Crippen molar-refractivity contribution in [3.8, 4) is 0 Å². The molecule has 1 aliphatic rings. The first-order valence-corrected chi connectivity index (χ1v) is 7.24. The second-order valence-electron chi connectivity index (χ2n) is 4.89. The maximum absolute atomic E-state index is 12.5. The van der Waals surface area contributed by atoms with Crippen LogP contribution < -0.4 is 10.6 Å². The Labute approximate surface area is 116 Å². The summed E-state index contributed by atoms with van der Waals surface area (Å²) in [5.41, 5.74) is 0.620. The van der Waals surface area contributed by atoms with Crippen LogP contribution in [0.25, 0.3) is 0 Å². The van der Waals surface area contributed by atoms with Gasteiger partial charge < -0.3 is 10.6 Å². The lowest BCUT2D eigenvalue weighted by molar-refractivity contribution is -0.125. The van der Waals surface area contributed by atoms with Crippen molar-refractivity contribution in [2.24, 2.45) is 5.41 Å². The van der Waals surface area contributed by atoms with Gasteiger partial charge in [0.1, 0.15) is 0 Å². The molecule has 1 amide bonds. The summed E-state index contributed by atoms with van der Waals surface area (Å²) >= 11 is 3.46. The molecule has 0 spiro atoms. The fraction of sp³-hybridized carbons (Fsp3) is 0.500. The maximum atomic E-state index is 12.5. The van der Waals surface area contributed by atoms with E-state index in [2.05, 4.69) is 33.5 Å². The SMILES string of the molecule is CCCC1(C(=O)Nc2ccccc2Br)CCNC1. The number of nitrogens with one attached hydrogen (secondary N) is 2. The number of benzene rings is 1. The van der Waals surface area contributed by atoms with E-state index in [1.807, 2.05) is 24.3 Å². The van der Waals surface area contributed by atoms with Crippen molar-refractivity contribution < 1.29 is 4.79 Å². The highest BCUT2D eigenvalue weighted by molar-refractivity contribution is 9.10. The van der Waals surface area contributed by atoms with Gasteiger partial charge in [0, 0.05) is 11.0 Å². The molecule has 0 aliphatic carbocycles. The van der Waals surface area contributed by atoms with Gasteiger partial charge in [0.25, 0.3) is 0 Å². The third-order valence-corrected chi connectivity index (χ3v) is 4.27. The predicted molar refractivity (Wildman–Crippen MR) is 77.6 cm³/mol. The lowest BCUT2D eigenvalue weighted by Crippen LogP contribution is -2.38. The molecule has 1 saturated heterocycles. The summed E-state index contributed by atoms with van der Waals surface area (Å²) in [5, 5.41) is 6.36. The summed E-state index contributed by atoms with van der Waals surface area (Å²) < 4.78 is 0.927. The Balaban J connectivity index is 2.13. The van der Waals surface area contributed by atoms with Crippen LogP contribution >= 0.6 is 15.9 Å². The smallest absolute Gasteiger partial charge is 0.231 e. The Kier molecular flexibility index (Phi) is 4.40. The Hall–Kier alpha value is -0.870. The highest BCUT2D eigenvalue weighted by Crippen LogP contribution is 2.33. The second kappa shape index (κ2) is 5.85. The molecule has 1 atom stereocenters. The van der Waals surface area contributed by atoms with Crippen molar-refractivity contribution >= 4 is 27.5 Å². The summed E-state index contributed by atoms with van der Waals surface area (Å²) in [6.07, 6.45) is 2.90. The van der Waals surface area contributed by atoms with Crippen LogP contribution in [0, 0.1) is 5.41 Å². The fourth-order valence-electron chi connectivity index (χ4n) is 2.56. The van der Waals surface area contributed by atoms with Gasteiger partial charge in [-0.05, 0) is 47.4 Å². The first-order valence-electron chi connectivity index (χ1n) is 6.45. The average molecular weight is 311 g/mol. The molecule has 0 radical (unpaired) electrons. The predicted octanol–water partition coefficient (Wildman–Crippen LogP) is 3.17. The van der Waals surface area contributed by atoms with Crippen molar-refractivity contribution in [3.63, 3.8) is 0 Å². The first-order chi connectivity index (χ1) is 8.68. The van der Waals surface area contributed by atoms with Crippen LogP contribution in [0.4, 0.5) is 5.69 Å². The molecule has 1 aromatic rings. The second-order valence-corrected chi connectivity index (χ2v) is 5.75. The Morgan fingerprint density at radius 3 is 2.89 bits per heavy atom. The van der Waals surface area contributed by atoms with Gasteiger partial charge in [-0.1, -0.05) is 25.5 Å². The van der Waals surface area contributed by atoms with E-state index in [9.17, 15) is 4.79 Å². The lowest BCUT2D eigenvalue weighted by atomic mass is 9.81. The lowest BCUT2D eigenvalue weighted by Gasteiger charge is -2.26. The van der Waals surface area contributed by atoms with Crippen LogP contribution in [-0.2, 0) is 4.79 Å². The van der Waals surface area contributed by atoms with E-state index in [0.29, 0.717) is 0 Å². The summed E-state index contributed by atoms with van der Waals surface area (Å²) in [5.74, 6) is 0.140. The van der Waals surface area contributed by atoms with Crippen LogP contribution in [0.5, 0.6) is 0 Å². The summed E-state index contributed by atoms with van der Waals surface area (Å²) in [7, 11) is 0. The number of rotatable bonds is 4. The van der Waals surface area contributed by atoms with Gasteiger partial charge in [0.05, 0.1) is 11.1 Å². The highest BCUT2D eigenvalue weighted by atomic mass is 79.9. The van der Waals surface area contributed by atoms with Gasteiger partial charge in [-0.25, -0.2) is 0 Å². The van der Waals surface area contributed by atoms with E-state index in [1.54, 1.807) is 0 Å². The Bertz CT molecular complexity index is 428. The number of carbonyl (C=O) groups is 1. The van der Waals surface area contributed by atoms with E-state index in [1.165, 1.54) is 0 Å². The number of carbonyl (C=O) groups excluding carboxylic acids is 1. The van der Waals surface area contributed by atoms with Gasteiger partial charge in [0.2, 0.25) is 5.91 Å². The Morgan fingerprint density at radius 2 is 2.28 bits per heavy atom. The Morgan fingerprint density at radius 1 is 1.50 bits per heavy atom. The molecule has 1 aromatic carbocycles. The van der Waals surface area contributed by atoms with Crippen molar-refractivity contribution in [1.29, 1.82) is 0 Å². The van der Waals surface area contributed by atoms with E-state index >= 15 is 0 Å². The van der Waals surface area contributed by atoms with Gasteiger partial charge in [0.15, 0.2) is 0 Å².